The minimum absolute atomic E-state index is 0.474. The van der Waals surface area contributed by atoms with E-state index in [1.807, 2.05) is 12.4 Å². The summed E-state index contributed by atoms with van der Waals surface area (Å²) in [4.78, 5) is 9.01. The molecule has 5 rings (SSSR count). The van der Waals surface area contributed by atoms with Gasteiger partial charge in [0.1, 0.15) is 0 Å². The van der Waals surface area contributed by atoms with Gasteiger partial charge in [0.2, 0.25) is 0 Å². The van der Waals surface area contributed by atoms with Crippen molar-refractivity contribution in [3.8, 4) is 12.0 Å². The van der Waals surface area contributed by atoms with Crippen LogP contribution in [0.3, 0.4) is 0 Å². The number of fused-ring (bicyclic) bond motifs is 4. The van der Waals surface area contributed by atoms with Gasteiger partial charge in [-0.15, -0.1) is 0 Å². The van der Waals surface area contributed by atoms with Crippen molar-refractivity contribution in [3.05, 3.63) is 71.5 Å². The van der Waals surface area contributed by atoms with Crippen molar-refractivity contribution in [1.29, 1.82) is 0 Å². The van der Waals surface area contributed by atoms with Gasteiger partial charge >= 0.3 is 0 Å². The number of piperidine rings is 1. The highest BCUT2D eigenvalue weighted by Gasteiger charge is 2.40. The van der Waals surface area contributed by atoms with Gasteiger partial charge in [0.05, 0.1) is 11.7 Å². The lowest BCUT2D eigenvalue weighted by molar-refractivity contribution is 0.236. The Labute approximate surface area is 160 Å². The van der Waals surface area contributed by atoms with Crippen LogP contribution in [0.25, 0.3) is 10.8 Å². The van der Waals surface area contributed by atoms with Crippen molar-refractivity contribution in [2.75, 3.05) is 25.0 Å². The summed E-state index contributed by atoms with van der Waals surface area (Å²) in [5, 5.41) is 2.31. The van der Waals surface area contributed by atoms with Gasteiger partial charge in [-0.2, -0.15) is 0 Å². The molecule has 2 atom stereocenters. The zero-order valence-corrected chi connectivity index (χ0v) is 15.8. The molecule has 0 aliphatic carbocycles. The SMILES string of the molecule is Cc1ccc2c(c1)C1CN(C)CCC1N2C#Cc1cccc2cnccc12. The van der Waals surface area contributed by atoms with Crippen molar-refractivity contribution in [2.45, 2.75) is 25.3 Å². The van der Waals surface area contributed by atoms with Crippen LogP contribution in [0.4, 0.5) is 5.69 Å². The highest BCUT2D eigenvalue weighted by atomic mass is 15.2. The molecule has 0 bridgehead atoms. The monoisotopic (exact) mass is 353 g/mol. The van der Waals surface area contributed by atoms with Crippen molar-refractivity contribution in [2.24, 2.45) is 0 Å². The average Bonchev–Trinajstić information content (AvgIpc) is 2.98. The lowest BCUT2D eigenvalue weighted by Crippen LogP contribution is -2.43. The Bertz CT molecular complexity index is 1070. The molecule has 0 spiro atoms. The normalized spacial score (nSPS) is 21.5. The summed E-state index contributed by atoms with van der Waals surface area (Å²) in [7, 11) is 2.23. The number of hydrogen-bond acceptors (Lipinski definition) is 3. The third-order valence-corrected chi connectivity index (χ3v) is 5.94. The summed E-state index contributed by atoms with van der Waals surface area (Å²) in [5.41, 5.74) is 5.15. The zero-order chi connectivity index (χ0) is 18.4. The number of likely N-dealkylation sites (tertiary alicyclic amines) is 1. The van der Waals surface area contributed by atoms with Crippen LogP contribution in [0.15, 0.2) is 54.9 Å². The third-order valence-electron chi connectivity index (χ3n) is 5.94. The van der Waals surface area contributed by atoms with Crippen molar-refractivity contribution in [1.82, 2.24) is 9.88 Å². The molecule has 3 heterocycles. The minimum atomic E-state index is 0.474. The summed E-state index contributed by atoms with van der Waals surface area (Å²) >= 11 is 0. The summed E-state index contributed by atoms with van der Waals surface area (Å²) in [6, 6.07) is 19.1. The summed E-state index contributed by atoms with van der Waals surface area (Å²) in [6.07, 6.45) is 4.90. The molecule has 2 aliphatic rings. The molecule has 134 valence electrons. The van der Waals surface area contributed by atoms with Crippen LogP contribution < -0.4 is 4.90 Å². The molecule has 1 fully saturated rings. The number of likely N-dealkylation sites (N-methyl/N-ethyl adjacent to an activating group) is 1. The predicted octanol–water partition coefficient (Wildman–Crippen LogP) is 4.16. The van der Waals surface area contributed by atoms with Crippen molar-refractivity contribution >= 4 is 16.5 Å². The van der Waals surface area contributed by atoms with Gasteiger partial charge in [-0.25, -0.2) is 0 Å². The first-order chi connectivity index (χ1) is 13.2. The Morgan fingerprint density at radius 1 is 1.15 bits per heavy atom. The zero-order valence-electron chi connectivity index (χ0n) is 15.8. The Kier molecular flexibility index (Phi) is 3.88. The molecule has 1 saturated heterocycles. The van der Waals surface area contributed by atoms with E-state index in [0.29, 0.717) is 12.0 Å². The Hall–Kier alpha value is -2.83. The lowest BCUT2D eigenvalue weighted by atomic mass is 9.89. The molecule has 0 radical (unpaired) electrons. The highest BCUT2D eigenvalue weighted by Crippen LogP contribution is 2.44. The first-order valence-electron chi connectivity index (χ1n) is 9.63. The Morgan fingerprint density at radius 2 is 2.07 bits per heavy atom. The molecular formula is C24H23N3. The number of anilines is 1. The van der Waals surface area contributed by atoms with Crippen LogP contribution in [0.1, 0.15) is 29.0 Å². The second-order valence-corrected chi connectivity index (χ2v) is 7.80. The molecule has 0 saturated carbocycles. The maximum atomic E-state index is 4.23. The second-order valence-electron chi connectivity index (χ2n) is 7.80. The van der Waals surface area contributed by atoms with E-state index in [1.165, 1.54) is 22.2 Å². The molecule has 2 aliphatic heterocycles. The van der Waals surface area contributed by atoms with Gasteiger partial charge < -0.3 is 4.90 Å². The number of pyridine rings is 1. The summed E-state index contributed by atoms with van der Waals surface area (Å²) in [6.45, 7) is 4.42. The van der Waals surface area contributed by atoms with Crippen LogP contribution >= 0.6 is 0 Å². The number of aromatic nitrogens is 1. The quantitative estimate of drug-likeness (QED) is 0.566. The van der Waals surface area contributed by atoms with Gasteiger partial charge in [0.25, 0.3) is 0 Å². The number of aryl methyl sites for hydroxylation is 1. The molecule has 0 amide bonds. The van der Waals surface area contributed by atoms with Gasteiger partial charge in [0, 0.05) is 47.2 Å². The fourth-order valence-corrected chi connectivity index (χ4v) is 4.58. The van der Waals surface area contributed by atoms with Crippen LogP contribution in [-0.2, 0) is 0 Å². The van der Waals surface area contributed by atoms with Gasteiger partial charge in [0.15, 0.2) is 0 Å². The molecule has 3 nitrogen and oxygen atoms in total. The smallest absolute Gasteiger partial charge is 0.0529 e. The number of rotatable bonds is 0. The number of benzene rings is 2. The number of hydrogen-bond donors (Lipinski definition) is 0. The van der Waals surface area contributed by atoms with Gasteiger partial charge in [-0.05, 0) is 56.6 Å². The van der Waals surface area contributed by atoms with E-state index in [9.17, 15) is 0 Å². The molecule has 3 heteroatoms. The van der Waals surface area contributed by atoms with Gasteiger partial charge in [-0.3, -0.25) is 9.88 Å². The van der Waals surface area contributed by atoms with Gasteiger partial charge in [-0.1, -0.05) is 29.8 Å². The average molecular weight is 353 g/mol. The molecule has 3 aromatic rings. The number of nitrogens with zero attached hydrogens (tertiary/aromatic N) is 3. The van der Waals surface area contributed by atoms with Crippen molar-refractivity contribution < 1.29 is 0 Å². The second kappa shape index (κ2) is 6.40. The van der Waals surface area contributed by atoms with E-state index in [1.54, 1.807) is 0 Å². The predicted molar refractivity (Wildman–Crippen MR) is 111 cm³/mol. The first-order valence-corrected chi connectivity index (χ1v) is 9.63. The minimum Gasteiger partial charge on any atom is -0.306 e. The van der Waals surface area contributed by atoms with Crippen molar-refractivity contribution in [3.63, 3.8) is 0 Å². The largest absolute Gasteiger partial charge is 0.306 e. The van der Waals surface area contributed by atoms with Crippen LogP contribution in [-0.4, -0.2) is 36.1 Å². The first kappa shape index (κ1) is 16.4. The Morgan fingerprint density at radius 3 is 3.00 bits per heavy atom. The molecule has 2 unspecified atom stereocenters. The molecular weight excluding hydrogens is 330 g/mol. The topological polar surface area (TPSA) is 19.4 Å². The van der Waals surface area contributed by atoms with Crippen LogP contribution in [0.2, 0.25) is 0 Å². The third kappa shape index (κ3) is 2.78. The molecule has 0 N–H and O–H groups in total. The van der Waals surface area contributed by atoms with E-state index in [4.69, 9.17) is 0 Å². The standard InChI is InChI=1S/C24H23N3/c1-17-6-7-23-21(14-17)22-16-26(2)12-10-24(22)27(23)13-9-18-4-3-5-19-15-25-11-8-20(18)19/h3-8,11,14-15,22,24H,10,12,16H2,1-2H3. The fraction of sp³-hybridized carbons (Fsp3) is 0.292. The summed E-state index contributed by atoms with van der Waals surface area (Å²) in [5.74, 6) is 4.01. The molecule has 1 aromatic heterocycles. The maximum Gasteiger partial charge on any atom is 0.0529 e. The molecule has 27 heavy (non-hydrogen) atoms. The van der Waals surface area contributed by atoms with E-state index < -0.39 is 0 Å². The summed E-state index contributed by atoms with van der Waals surface area (Å²) < 4.78 is 0. The van der Waals surface area contributed by atoms with E-state index >= 15 is 0 Å². The van der Waals surface area contributed by atoms with E-state index in [2.05, 4.69) is 83.2 Å². The van der Waals surface area contributed by atoms with Crippen LogP contribution in [0.5, 0.6) is 0 Å². The van der Waals surface area contributed by atoms with Crippen LogP contribution in [0, 0.1) is 18.9 Å². The maximum absolute atomic E-state index is 4.23. The fourth-order valence-electron chi connectivity index (χ4n) is 4.58. The van der Waals surface area contributed by atoms with E-state index in [-0.39, 0.29) is 0 Å². The van der Waals surface area contributed by atoms with E-state index in [0.717, 1.165) is 30.5 Å². The highest BCUT2D eigenvalue weighted by molar-refractivity contribution is 5.87. The Balaban J connectivity index is 1.59. The lowest BCUT2D eigenvalue weighted by Gasteiger charge is -2.35. The molecule has 2 aromatic carbocycles.